The summed E-state index contributed by atoms with van der Waals surface area (Å²) in [5, 5.41) is 3.84. The quantitative estimate of drug-likeness (QED) is 0.627. The molecule has 0 saturated heterocycles. The van der Waals surface area contributed by atoms with Crippen molar-refractivity contribution >= 4 is 23.3 Å². The van der Waals surface area contributed by atoms with Gasteiger partial charge in [-0.3, -0.25) is 4.79 Å². The molecule has 9 heteroatoms. The molecule has 1 amide bonds. The van der Waals surface area contributed by atoms with Crippen LogP contribution in [-0.2, 0) is 4.84 Å². The Balaban J connectivity index is 1.38. The molecular weight excluding hydrogens is 400 g/mol. The Hall–Kier alpha value is -3.85. The van der Waals surface area contributed by atoms with Gasteiger partial charge in [-0.1, -0.05) is 12.1 Å². The highest BCUT2D eigenvalue weighted by Gasteiger charge is 2.36. The van der Waals surface area contributed by atoms with Gasteiger partial charge in [-0.15, -0.1) is 0 Å². The first kappa shape index (κ1) is 19.1. The lowest BCUT2D eigenvalue weighted by molar-refractivity contribution is 0.0503. The van der Waals surface area contributed by atoms with E-state index in [0.717, 1.165) is 17.9 Å². The van der Waals surface area contributed by atoms with Crippen LogP contribution in [0.25, 0.3) is 0 Å². The zero-order chi connectivity index (χ0) is 21.4. The second-order valence-electron chi connectivity index (χ2n) is 7.44. The summed E-state index contributed by atoms with van der Waals surface area (Å²) < 4.78 is 10.8. The van der Waals surface area contributed by atoms with Crippen LogP contribution < -0.4 is 20.4 Å². The number of carbonyl (C=O) groups excluding carboxylic acids is 2. The van der Waals surface area contributed by atoms with Crippen molar-refractivity contribution in [3.05, 3.63) is 65.9 Å². The van der Waals surface area contributed by atoms with Crippen LogP contribution in [0.1, 0.15) is 33.6 Å². The van der Waals surface area contributed by atoms with Crippen molar-refractivity contribution in [1.29, 1.82) is 0 Å². The lowest BCUT2D eigenvalue weighted by Crippen LogP contribution is -2.45. The molecule has 1 aliphatic carbocycles. The molecule has 3 aromatic rings. The summed E-state index contributed by atoms with van der Waals surface area (Å²) >= 11 is 0. The first-order chi connectivity index (χ1) is 15.2. The molecule has 1 saturated carbocycles. The van der Waals surface area contributed by atoms with Gasteiger partial charge >= 0.3 is 5.97 Å². The zero-order valence-electron chi connectivity index (χ0n) is 16.6. The number of fused-ring (bicyclic) bond motifs is 1. The number of nitrogens with zero attached hydrogens (tertiary/aromatic N) is 3. The molecule has 0 bridgehead atoms. The second kappa shape index (κ2) is 7.77. The molecule has 1 aliphatic heterocycles. The molecule has 0 unspecified atom stereocenters. The van der Waals surface area contributed by atoms with E-state index in [9.17, 15) is 9.59 Å². The third kappa shape index (κ3) is 3.59. The van der Waals surface area contributed by atoms with Gasteiger partial charge in [-0.2, -0.15) is 5.90 Å². The van der Waals surface area contributed by atoms with Gasteiger partial charge in [0.1, 0.15) is 17.6 Å². The summed E-state index contributed by atoms with van der Waals surface area (Å²) in [5.74, 6) is 4.42. The minimum absolute atomic E-state index is 0.0567. The highest BCUT2D eigenvalue weighted by molar-refractivity contribution is 6.09. The fourth-order valence-corrected chi connectivity index (χ4v) is 3.79. The van der Waals surface area contributed by atoms with E-state index in [1.807, 2.05) is 24.3 Å². The number of anilines is 2. The molecule has 0 spiro atoms. The Morgan fingerprint density at radius 1 is 1.03 bits per heavy atom. The van der Waals surface area contributed by atoms with Crippen molar-refractivity contribution in [1.82, 2.24) is 5.16 Å². The van der Waals surface area contributed by atoms with Crippen molar-refractivity contribution in [3.63, 3.8) is 0 Å². The molecule has 2 N–H and O–H groups in total. The van der Waals surface area contributed by atoms with E-state index in [4.69, 9.17) is 15.2 Å². The first-order valence-corrected chi connectivity index (χ1v) is 9.96. The van der Waals surface area contributed by atoms with E-state index in [-0.39, 0.29) is 22.9 Å². The predicted octanol–water partition coefficient (Wildman–Crippen LogP) is 3.13. The molecule has 0 radical (unpaired) electrons. The van der Waals surface area contributed by atoms with Crippen LogP contribution in [0.2, 0.25) is 0 Å². The highest BCUT2D eigenvalue weighted by Crippen LogP contribution is 2.40. The molecule has 2 aromatic carbocycles. The maximum Gasteiger partial charge on any atom is 0.356 e. The Kier molecular flexibility index (Phi) is 4.79. The van der Waals surface area contributed by atoms with Crippen molar-refractivity contribution in [2.45, 2.75) is 18.9 Å². The number of aromatic nitrogens is 1. The fourth-order valence-electron chi connectivity index (χ4n) is 3.79. The van der Waals surface area contributed by atoms with E-state index in [0.29, 0.717) is 18.3 Å². The van der Waals surface area contributed by atoms with Crippen LogP contribution in [0.4, 0.5) is 11.4 Å². The molecule has 31 heavy (non-hydrogen) atoms. The van der Waals surface area contributed by atoms with Crippen LogP contribution >= 0.6 is 0 Å². The topological polar surface area (TPSA) is 111 Å². The van der Waals surface area contributed by atoms with Crippen LogP contribution in [-0.4, -0.2) is 36.2 Å². The lowest BCUT2D eigenvalue weighted by Gasteiger charge is -2.37. The van der Waals surface area contributed by atoms with Crippen LogP contribution in [0, 0.1) is 0 Å². The van der Waals surface area contributed by atoms with Gasteiger partial charge in [0.15, 0.2) is 0 Å². The number of para-hydroxylation sites is 2. The van der Waals surface area contributed by atoms with E-state index >= 15 is 0 Å². The smallest absolute Gasteiger partial charge is 0.356 e. The molecule has 1 aromatic heterocycles. The van der Waals surface area contributed by atoms with Gasteiger partial charge in [0, 0.05) is 19.1 Å². The van der Waals surface area contributed by atoms with Crippen molar-refractivity contribution in [2.24, 2.45) is 5.90 Å². The zero-order valence-corrected chi connectivity index (χ0v) is 16.6. The number of hydrogen-bond donors (Lipinski definition) is 1. The molecule has 1 fully saturated rings. The van der Waals surface area contributed by atoms with Gasteiger partial charge in [-0.25, -0.2) is 4.79 Å². The number of amides is 1. The maximum atomic E-state index is 13.4. The second-order valence-corrected chi connectivity index (χ2v) is 7.44. The Morgan fingerprint density at radius 3 is 2.48 bits per heavy atom. The Morgan fingerprint density at radius 2 is 1.77 bits per heavy atom. The van der Waals surface area contributed by atoms with Crippen LogP contribution in [0.15, 0.2) is 59.3 Å². The molecule has 2 aliphatic rings. The fraction of sp³-hybridized carbons (Fsp3) is 0.227. The highest BCUT2D eigenvalue weighted by atomic mass is 16.7. The Bertz CT molecular complexity index is 1120. The minimum Gasteiger partial charge on any atom is -0.436 e. The van der Waals surface area contributed by atoms with E-state index in [1.54, 1.807) is 17.0 Å². The molecule has 2 heterocycles. The summed E-state index contributed by atoms with van der Waals surface area (Å²) in [4.78, 5) is 33.1. The number of hydrogen-bond acceptors (Lipinski definition) is 8. The van der Waals surface area contributed by atoms with Crippen LogP contribution in [0.5, 0.6) is 11.6 Å². The molecule has 158 valence electrons. The minimum atomic E-state index is -0.659. The Labute approximate surface area is 177 Å². The summed E-state index contributed by atoms with van der Waals surface area (Å²) in [7, 11) is 0. The third-order valence-corrected chi connectivity index (χ3v) is 5.46. The van der Waals surface area contributed by atoms with Crippen molar-refractivity contribution < 1.29 is 23.7 Å². The van der Waals surface area contributed by atoms with Gasteiger partial charge in [0.25, 0.3) is 11.8 Å². The lowest BCUT2D eigenvalue weighted by atomic mass is 10.1. The molecular formula is C22H20N4O5. The van der Waals surface area contributed by atoms with E-state index in [2.05, 4.69) is 14.9 Å². The van der Waals surface area contributed by atoms with Gasteiger partial charge < -0.3 is 23.9 Å². The number of benzene rings is 2. The summed E-state index contributed by atoms with van der Waals surface area (Å²) in [5.41, 5.74) is 2.42. The SMILES string of the molecule is NOC(=O)c1ccc(Oc2nocc2C(=O)N2CCN(C3CC3)c3ccccc32)cc1. The maximum absolute atomic E-state index is 13.4. The third-order valence-electron chi connectivity index (χ3n) is 5.46. The average molecular weight is 420 g/mol. The summed E-state index contributed by atoms with van der Waals surface area (Å²) in [6.45, 7) is 1.33. The standard InChI is InChI=1S/C22H20N4O5/c23-31-22(28)14-5-9-16(10-6-14)30-20-17(13-29-24-20)21(27)26-12-11-25(15-7-8-15)18-3-1-2-4-19(18)26/h1-6,9-10,13,15H,7-8,11-12,23H2. The molecule has 5 rings (SSSR count). The summed E-state index contributed by atoms with van der Waals surface area (Å²) in [6, 6.07) is 14.6. The van der Waals surface area contributed by atoms with Gasteiger partial charge in [-0.05, 0) is 54.4 Å². The largest absolute Gasteiger partial charge is 0.436 e. The monoisotopic (exact) mass is 420 g/mol. The van der Waals surface area contributed by atoms with Crippen molar-refractivity contribution in [3.8, 4) is 11.6 Å². The number of ether oxygens (including phenoxy) is 1. The molecule has 0 atom stereocenters. The predicted molar refractivity (Wildman–Crippen MR) is 111 cm³/mol. The number of rotatable bonds is 5. The van der Waals surface area contributed by atoms with Gasteiger partial charge in [0.2, 0.25) is 0 Å². The number of nitrogens with two attached hydrogens (primary N) is 1. The van der Waals surface area contributed by atoms with E-state index < -0.39 is 5.97 Å². The van der Waals surface area contributed by atoms with Crippen molar-refractivity contribution in [2.75, 3.05) is 22.9 Å². The first-order valence-electron chi connectivity index (χ1n) is 9.96. The molecule has 9 nitrogen and oxygen atoms in total. The average Bonchev–Trinajstić information content (AvgIpc) is 3.56. The van der Waals surface area contributed by atoms with Gasteiger partial charge in [0.05, 0.1) is 16.9 Å². The number of carbonyl (C=O) groups is 2. The summed E-state index contributed by atoms with van der Waals surface area (Å²) in [6.07, 6.45) is 3.66. The normalized spacial score (nSPS) is 15.4. The van der Waals surface area contributed by atoms with Crippen LogP contribution in [0.3, 0.4) is 0 Å². The van der Waals surface area contributed by atoms with E-state index in [1.165, 1.54) is 31.2 Å².